The minimum absolute atomic E-state index is 0.0828. The summed E-state index contributed by atoms with van der Waals surface area (Å²) in [6.07, 6.45) is -1.42. The maximum atomic E-state index is 12.0. The Bertz CT molecular complexity index is 789. The highest BCUT2D eigenvalue weighted by molar-refractivity contribution is 8.07. The van der Waals surface area contributed by atoms with Gasteiger partial charge in [0.05, 0.1) is 12.7 Å². The van der Waals surface area contributed by atoms with E-state index in [9.17, 15) is 14.7 Å². The largest absolute Gasteiger partial charge is 0.383 e. The molecule has 0 bridgehead atoms. The van der Waals surface area contributed by atoms with Crippen molar-refractivity contribution in [1.29, 1.82) is 0 Å². The predicted molar refractivity (Wildman–Crippen MR) is 87.2 cm³/mol. The molecule has 0 aliphatic carbocycles. The molecular weight excluding hydrogens is 359 g/mol. The van der Waals surface area contributed by atoms with E-state index in [0.717, 1.165) is 4.57 Å². The van der Waals surface area contributed by atoms with E-state index < -0.39 is 42.0 Å². The summed E-state index contributed by atoms with van der Waals surface area (Å²) in [5, 5.41) is 10.9. The maximum Gasteiger partial charge on any atom is 0.330 e. The van der Waals surface area contributed by atoms with Gasteiger partial charge in [-0.3, -0.25) is 18.9 Å². The summed E-state index contributed by atoms with van der Waals surface area (Å²) in [5.41, 5.74) is -2.79. The molecular formula is C13H19N2O7PS. The van der Waals surface area contributed by atoms with Gasteiger partial charge in [-0.05, 0) is 32.6 Å². The van der Waals surface area contributed by atoms with Gasteiger partial charge in [0.25, 0.3) is 5.56 Å². The van der Waals surface area contributed by atoms with Crippen LogP contribution in [0.15, 0.2) is 21.9 Å². The third-order valence-corrected chi connectivity index (χ3v) is 6.26. The van der Waals surface area contributed by atoms with Gasteiger partial charge in [-0.2, -0.15) is 0 Å². The lowest BCUT2D eigenvalue weighted by Gasteiger charge is -2.37. The Morgan fingerprint density at radius 2 is 2.25 bits per heavy atom. The molecule has 2 aliphatic rings. The number of nitrogens with one attached hydrogen (secondary N) is 1. The molecule has 134 valence electrons. The van der Waals surface area contributed by atoms with Crippen LogP contribution in [0.5, 0.6) is 0 Å². The maximum absolute atomic E-state index is 12.0. The van der Waals surface area contributed by atoms with Crippen molar-refractivity contribution in [3.05, 3.63) is 33.1 Å². The molecule has 2 N–H and O–H groups in total. The molecule has 9 nitrogen and oxygen atoms in total. The molecule has 2 fully saturated rings. The van der Waals surface area contributed by atoms with Crippen molar-refractivity contribution in [3.63, 3.8) is 0 Å². The summed E-state index contributed by atoms with van der Waals surface area (Å²) in [6.45, 7) is 2.17. The van der Waals surface area contributed by atoms with Gasteiger partial charge in [0.2, 0.25) is 0 Å². The first-order valence-electron chi connectivity index (χ1n) is 7.43. The zero-order valence-corrected chi connectivity index (χ0v) is 15.1. The molecule has 3 heterocycles. The highest BCUT2D eigenvalue weighted by Crippen LogP contribution is 2.59. The third-order valence-electron chi connectivity index (χ3n) is 3.80. The Morgan fingerprint density at radius 1 is 1.54 bits per heavy atom. The van der Waals surface area contributed by atoms with E-state index in [1.165, 1.54) is 19.2 Å². The molecule has 3 rings (SSSR count). The Balaban J connectivity index is 1.91. The minimum Gasteiger partial charge on any atom is -0.383 e. The van der Waals surface area contributed by atoms with Crippen molar-refractivity contribution in [2.24, 2.45) is 0 Å². The van der Waals surface area contributed by atoms with Crippen molar-refractivity contribution < 1.29 is 23.4 Å². The van der Waals surface area contributed by atoms with E-state index >= 15 is 0 Å². The Kier molecular flexibility index (Phi) is 4.59. The lowest BCUT2D eigenvalue weighted by atomic mass is 9.96. The first-order valence-corrected chi connectivity index (χ1v) is 9.99. The number of hydrogen-bond acceptors (Lipinski definition) is 8. The van der Waals surface area contributed by atoms with E-state index in [2.05, 4.69) is 4.98 Å². The lowest BCUT2D eigenvalue weighted by Crippen LogP contribution is -2.49. The van der Waals surface area contributed by atoms with Gasteiger partial charge in [0.15, 0.2) is 6.23 Å². The van der Waals surface area contributed by atoms with Crippen LogP contribution in [-0.2, 0) is 30.1 Å². The fourth-order valence-corrected chi connectivity index (χ4v) is 5.42. The number of ether oxygens (including phenoxy) is 1. The molecule has 0 spiro atoms. The van der Waals surface area contributed by atoms with Crippen molar-refractivity contribution in [3.8, 4) is 0 Å². The molecule has 2 aliphatic heterocycles. The van der Waals surface area contributed by atoms with Gasteiger partial charge in [-0.15, -0.1) is 0 Å². The predicted octanol–water partition coefficient (Wildman–Crippen LogP) is 0.250. The summed E-state index contributed by atoms with van der Waals surface area (Å²) >= 11 is 5.32. The zero-order chi connectivity index (χ0) is 17.7. The summed E-state index contributed by atoms with van der Waals surface area (Å²) in [6, 6.07) is 1.17. The van der Waals surface area contributed by atoms with Gasteiger partial charge in [0, 0.05) is 12.3 Å². The monoisotopic (exact) mass is 378 g/mol. The van der Waals surface area contributed by atoms with Gasteiger partial charge in [-0.1, -0.05) is 0 Å². The summed E-state index contributed by atoms with van der Waals surface area (Å²) in [4.78, 5) is 25.3. The number of aromatic nitrogens is 2. The first kappa shape index (κ1) is 17.9. The average Bonchev–Trinajstić information content (AvgIpc) is 2.69. The minimum atomic E-state index is -3.01. The highest BCUT2D eigenvalue weighted by atomic mass is 32.5. The van der Waals surface area contributed by atoms with Gasteiger partial charge in [-0.25, -0.2) is 4.79 Å². The SMILES string of the molecule is CC(C)OP1(=S)OCC2O[C@@H](n3ccc(=O)[nH]c3=O)[C@](C)(O)[C@@H]2O1. The molecule has 0 saturated carbocycles. The topological polar surface area (TPSA) is 112 Å². The van der Waals surface area contributed by atoms with Crippen molar-refractivity contribution >= 4 is 18.5 Å². The normalized spacial score (nSPS) is 39.1. The van der Waals surface area contributed by atoms with Crippen LogP contribution in [0.2, 0.25) is 0 Å². The Labute approximate surface area is 142 Å². The van der Waals surface area contributed by atoms with Crippen LogP contribution in [0.3, 0.4) is 0 Å². The summed E-state index contributed by atoms with van der Waals surface area (Å²) in [7, 11) is 0. The van der Waals surface area contributed by atoms with Crippen LogP contribution in [0.25, 0.3) is 0 Å². The number of H-pyrrole nitrogens is 1. The highest BCUT2D eigenvalue weighted by Gasteiger charge is 2.59. The molecule has 2 saturated heterocycles. The lowest BCUT2D eigenvalue weighted by molar-refractivity contribution is -0.0931. The van der Waals surface area contributed by atoms with Crippen molar-refractivity contribution in [2.75, 3.05) is 6.61 Å². The second-order valence-corrected chi connectivity index (χ2v) is 9.11. The van der Waals surface area contributed by atoms with E-state index in [-0.39, 0.29) is 12.7 Å². The second kappa shape index (κ2) is 6.14. The van der Waals surface area contributed by atoms with Crippen LogP contribution in [0, 0.1) is 0 Å². The number of fused-ring (bicyclic) bond motifs is 1. The number of hydrogen-bond donors (Lipinski definition) is 2. The van der Waals surface area contributed by atoms with Crippen LogP contribution in [0.4, 0.5) is 0 Å². The van der Waals surface area contributed by atoms with Crippen molar-refractivity contribution in [2.45, 2.75) is 50.9 Å². The first-order chi connectivity index (χ1) is 11.1. The fourth-order valence-electron chi connectivity index (χ4n) is 2.80. The molecule has 11 heteroatoms. The molecule has 24 heavy (non-hydrogen) atoms. The standard InChI is InChI=1S/C13H19N2O7PS/c1-7(2)21-23(24)19-6-8-10(22-23)13(3,18)11(20-8)15-5-4-9(16)14-12(15)17/h4-5,7-8,10-11,18H,6H2,1-3H3,(H,14,16,17)/t8?,10-,11-,13-,23?/m1/s1. The fraction of sp³-hybridized carbons (Fsp3) is 0.692. The second-order valence-electron chi connectivity index (χ2n) is 6.19. The Morgan fingerprint density at radius 3 is 2.88 bits per heavy atom. The Hall–Kier alpha value is -0.870. The number of aliphatic hydroxyl groups is 1. The molecule has 0 radical (unpaired) electrons. The van der Waals surface area contributed by atoms with E-state index in [1.54, 1.807) is 13.8 Å². The molecule has 5 atom stereocenters. The van der Waals surface area contributed by atoms with E-state index in [4.69, 9.17) is 30.1 Å². The molecule has 2 unspecified atom stereocenters. The van der Waals surface area contributed by atoms with E-state index in [1.807, 2.05) is 0 Å². The molecule has 0 aromatic carbocycles. The molecule has 0 amide bonds. The van der Waals surface area contributed by atoms with E-state index in [0.29, 0.717) is 0 Å². The zero-order valence-electron chi connectivity index (χ0n) is 13.4. The van der Waals surface area contributed by atoms with Crippen molar-refractivity contribution in [1.82, 2.24) is 9.55 Å². The molecule has 1 aromatic heterocycles. The van der Waals surface area contributed by atoms with Crippen LogP contribution >= 0.6 is 6.72 Å². The summed E-state index contributed by atoms with van der Waals surface area (Å²) < 4.78 is 23.7. The van der Waals surface area contributed by atoms with Crippen LogP contribution in [0.1, 0.15) is 27.0 Å². The third kappa shape index (κ3) is 3.15. The van der Waals surface area contributed by atoms with Crippen LogP contribution < -0.4 is 11.2 Å². The number of aromatic amines is 1. The van der Waals surface area contributed by atoms with Crippen LogP contribution in [-0.4, -0.2) is 45.2 Å². The smallest absolute Gasteiger partial charge is 0.330 e. The average molecular weight is 378 g/mol. The van der Waals surface area contributed by atoms with Gasteiger partial charge in [0.1, 0.15) is 17.8 Å². The quantitative estimate of drug-likeness (QED) is 0.720. The van der Waals surface area contributed by atoms with Gasteiger partial charge < -0.3 is 18.9 Å². The molecule has 1 aromatic rings. The number of rotatable bonds is 3. The summed E-state index contributed by atoms with van der Waals surface area (Å²) in [5.74, 6) is 0. The number of nitrogens with zero attached hydrogens (tertiary/aromatic N) is 1. The van der Waals surface area contributed by atoms with Gasteiger partial charge >= 0.3 is 12.4 Å².